The van der Waals surface area contributed by atoms with Crippen molar-refractivity contribution in [3.8, 4) is 0 Å². The lowest BCUT2D eigenvalue weighted by Crippen LogP contribution is -2.32. The van der Waals surface area contributed by atoms with Gasteiger partial charge in [-0.05, 0) is 24.1 Å². The van der Waals surface area contributed by atoms with Crippen molar-refractivity contribution in [2.75, 3.05) is 11.8 Å². The topological polar surface area (TPSA) is 62.3 Å². The molecular weight excluding hydrogens is 310 g/mol. The summed E-state index contributed by atoms with van der Waals surface area (Å²) in [5.74, 6) is 0. The fraction of sp³-hybridized carbons (Fsp3) is 0.214. The van der Waals surface area contributed by atoms with Crippen LogP contribution in [0.15, 0.2) is 42.6 Å². The van der Waals surface area contributed by atoms with Gasteiger partial charge in [-0.25, -0.2) is 4.98 Å². The number of halogens is 1. The van der Waals surface area contributed by atoms with Crippen molar-refractivity contribution < 1.29 is 8.42 Å². The molecule has 0 unspecified atom stereocenters. The molecule has 1 aromatic heterocycles. The summed E-state index contributed by atoms with van der Waals surface area (Å²) in [6, 6.07) is 11.0. The smallest absolute Gasteiger partial charge is 0.268 e. The van der Waals surface area contributed by atoms with Gasteiger partial charge in [0.1, 0.15) is 0 Å². The molecule has 0 saturated heterocycles. The van der Waals surface area contributed by atoms with E-state index in [9.17, 15) is 8.42 Å². The highest BCUT2D eigenvalue weighted by molar-refractivity contribution is 7.90. The number of aryl methyl sites for hydroxylation is 1. The lowest BCUT2D eigenvalue weighted by atomic mass is 10.2. The third-order valence-corrected chi connectivity index (χ3v) is 4.60. The summed E-state index contributed by atoms with van der Waals surface area (Å²) in [7, 11) is -2.19. The number of nitrogens with one attached hydrogen (secondary N) is 1. The average molecular weight is 326 g/mol. The van der Waals surface area contributed by atoms with Gasteiger partial charge in [0.05, 0.1) is 5.69 Å². The third kappa shape index (κ3) is 4.17. The van der Waals surface area contributed by atoms with Gasteiger partial charge in [0.15, 0.2) is 5.15 Å². The van der Waals surface area contributed by atoms with Gasteiger partial charge < -0.3 is 0 Å². The van der Waals surface area contributed by atoms with E-state index in [-0.39, 0.29) is 17.4 Å². The SMILES string of the molecule is Cc1cnc(Cl)c(NS(=O)(=O)N(C)Cc2ccccc2)c1. The van der Waals surface area contributed by atoms with Gasteiger partial charge in [-0.15, -0.1) is 0 Å². The van der Waals surface area contributed by atoms with E-state index in [0.717, 1.165) is 11.1 Å². The van der Waals surface area contributed by atoms with Gasteiger partial charge in [0, 0.05) is 19.8 Å². The van der Waals surface area contributed by atoms with Gasteiger partial charge in [0.25, 0.3) is 0 Å². The zero-order valence-corrected chi connectivity index (χ0v) is 13.3. The van der Waals surface area contributed by atoms with Gasteiger partial charge in [-0.1, -0.05) is 41.9 Å². The molecule has 0 aliphatic rings. The Morgan fingerprint density at radius 2 is 1.95 bits per heavy atom. The fourth-order valence-electron chi connectivity index (χ4n) is 1.77. The molecule has 0 aliphatic heterocycles. The van der Waals surface area contributed by atoms with Crippen LogP contribution in [-0.4, -0.2) is 24.8 Å². The first-order valence-electron chi connectivity index (χ1n) is 6.28. The Morgan fingerprint density at radius 1 is 1.29 bits per heavy atom. The minimum Gasteiger partial charge on any atom is -0.268 e. The molecule has 0 bridgehead atoms. The second-order valence-electron chi connectivity index (χ2n) is 4.70. The number of hydrogen-bond donors (Lipinski definition) is 1. The van der Waals surface area contributed by atoms with Crippen LogP contribution in [0.4, 0.5) is 5.69 Å². The highest BCUT2D eigenvalue weighted by atomic mass is 35.5. The van der Waals surface area contributed by atoms with Crippen LogP contribution in [0.5, 0.6) is 0 Å². The number of rotatable bonds is 5. The maximum Gasteiger partial charge on any atom is 0.301 e. The lowest BCUT2D eigenvalue weighted by molar-refractivity contribution is 0.471. The molecule has 7 heteroatoms. The van der Waals surface area contributed by atoms with Crippen LogP contribution >= 0.6 is 11.6 Å². The molecule has 2 rings (SSSR count). The number of nitrogens with zero attached hydrogens (tertiary/aromatic N) is 2. The molecule has 1 heterocycles. The van der Waals surface area contributed by atoms with E-state index in [1.165, 1.54) is 11.4 Å². The van der Waals surface area contributed by atoms with Gasteiger partial charge >= 0.3 is 10.2 Å². The van der Waals surface area contributed by atoms with E-state index in [1.807, 2.05) is 37.3 Å². The van der Waals surface area contributed by atoms with Crippen LogP contribution in [0.25, 0.3) is 0 Å². The van der Waals surface area contributed by atoms with E-state index in [1.54, 1.807) is 12.3 Å². The molecule has 21 heavy (non-hydrogen) atoms. The molecule has 1 N–H and O–H groups in total. The second kappa shape index (κ2) is 6.43. The zero-order valence-electron chi connectivity index (χ0n) is 11.7. The van der Waals surface area contributed by atoms with Gasteiger partial charge in [-0.2, -0.15) is 12.7 Å². The Hall–Kier alpha value is -1.63. The second-order valence-corrected chi connectivity index (χ2v) is 6.84. The summed E-state index contributed by atoms with van der Waals surface area (Å²) in [6.07, 6.45) is 1.58. The molecule has 112 valence electrons. The minimum atomic E-state index is -3.69. The lowest BCUT2D eigenvalue weighted by Gasteiger charge is -2.19. The number of hydrogen-bond acceptors (Lipinski definition) is 3. The van der Waals surface area contributed by atoms with Crippen molar-refractivity contribution in [2.24, 2.45) is 0 Å². The molecule has 0 amide bonds. The van der Waals surface area contributed by atoms with Crippen LogP contribution in [0.1, 0.15) is 11.1 Å². The van der Waals surface area contributed by atoms with Crippen LogP contribution in [0.3, 0.4) is 0 Å². The third-order valence-electron chi connectivity index (χ3n) is 2.87. The molecule has 5 nitrogen and oxygen atoms in total. The minimum absolute atomic E-state index is 0.122. The summed E-state index contributed by atoms with van der Waals surface area (Å²) in [4.78, 5) is 3.93. The molecule has 0 aliphatic carbocycles. The van der Waals surface area contributed by atoms with Crippen LogP contribution in [-0.2, 0) is 16.8 Å². The molecule has 0 radical (unpaired) electrons. The average Bonchev–Trinajstić information content (AvgIpc) is 2.43. The van der Waals surface area contributed by atoms with Crippen molar-refractivity contribution in [1.29, 1.82) is 0 Å². The molecule has 0 spiro atoms. The molecule has 0 saturated carbocycles. The summed E-state index contributed by atoms with van der Waals surface area (Å²) >= 11 is 5.91. The zero-order chi connectivity index (χ0) is 15.5. The van der Waals surface area contributed by atoms with Gasteiger partial charge in [0.2, 0.25) is 0 Å². The quantitative estimate of drug-likeness (QED) is 0.860. The first-order valence-corrected chi connectivity index (χ1v) is 8.10. The summed E-state index contributed by atoms with van der Waals surface area (Å²) in [6.45, 7) is 2.09. The van der Waals surface area contributed by atoms with Crippen molar-refractivity contribution in [1.82, 2.24) is 9.29 Å². The first kappa shape index (κ1) is 15.8. The van der Waals surface area contributed by atoms with Crippen LogP contribution < -0.4 is 4.72 Å². The monoisotopic (exact) mass is 325 g/mol. The van der Waals surface area contributed by atoms with E-state index < -0.39 is 10.2 Å². The maximum absolute atomic E-state index is 12.3. The van der Waals surface area contributed by atoms with Crippen LogP contribution in [0.2, 0.25) is 5.15 Å². The van der Waals surface area contributed by atoms with E-state index in [4.69, 9.17) is 11.6 Å². The Morgan fingerprint density at radius 3 is 2.62 bits per heavy atom. The van der Waals surface area contributed by atoms with E-state index >= 15 is 0 Å². The number of pyridine rings is 1. The Labute approximate surface area is 129 Å². The molecule has 2 aromatic rings. The van der Waals surface area contributed by atoms with Crippen molar-refractivity contribution in [3.63, 3.8) is 0 Å². The number of benzene rings is 1. The fourth-order valence-corrected chi connectivity index (χ4v) is 2.88. The molecular formula is C14H16ClN3O2S. The predicted octanol–water partition coefficient (Wildman–Crippen LogP) is 2.83. The highest BCUT2D eigenvalue weighted by Crippen LogP contribution is 2.22. The van der Waals surface area contributed by atoms with Crippen molar-refractivity contribution in [3.05, 3.63) is 58.9 Å². The summed E-state index contributed by atoms with van der Waals surface area (Å²) < 4.78 is 28.3. The standard InChI is InChI=1S/C14H16ClN3O2S/c1-11-8-13(14(15)16-9-11)17-21(19,20)18(2)10-12-6-4-3-5-7-12/h3-9,17H,10H2,1-2H3. The Bertz CT molecular complexity index is 720. The summed E-state index contributed by atoms with van der Waals surface area (Å²) in [5, 5.41) is 0.122. The number of anilines is 1. The molecule has 0 fully saturated rings. The first-order chi connectivity index (χ1) is 9.88. The van der Waals surface area contributed by atoms with E-state index in [2.05, 4.69) is 9.71 Å². The predicted molar refractivity (Wildman–Crippen MR) is 84.4 cm³/mol. The Kier molecular flexibility index (Phi) is 4.82. The van der Waals surface area contributed by atoms with E-state index in [0.29, 0.717) is 0 Å². The summed E-state index contributed by atoms with van der Waals surface area (Å²) in [5.41, 5.74) is 2.00. The maximum atomic E-state index is 12.3. The largest absolute Gasteiger partial charge is 0.301 e. The number of aromatic nitrogens is 1. The van der Waals surface area contributed by atoms with Crippen molar-refractivity contribution >= 4 is 27.5 Å². The van der Waals surface area contributed by atoms with Gasteiger partial charge in [-0.3, -0.25) is 4.72 Å². The molecule has 1 aromatic carbocycles. The highest BCUT2D eigenvalue weighted by Gasteiger charge is 2.19. The van der Waals surface area contributed by atoms with Crippen LogP contribution in [0, 0.1) is 6.92 Å². The molecule has 0 atom stereocenters. The Balaban J connectivity index is 2.16. The van der Waals surface area contributed by atoms with Crippen molar-refractivity contribution in [2.45, 2.75) is 13.5 Å². The normalized spacial score (nSPS) is 11.6.